The highest BCUT2D eigenvalue weighted by Crippen LogP contribution is 2.14. The van der Waals surface area contributed by atoms with Crippen LogP contribution in [0.15, 0.2) is 5.11 Å². The molecule has 31 heavy (non-hydrogen) atoms. The lowest BCUT2D eigenvalue weighted by molar-refractivity contribution is -0.151. The molecular weight excluding hydrogens is 406 g/mol. The summed E-state index contributed by atoms with van der Waals surface area (Å²) in [6.07, 6.45) is 2.75. The van der Waals surface area contributed by atoms with E-state index in [-0.39, 0.29) is 55.7 Å². The second-order valence-corrected chi connectivity index (χ2v) is 7.95. The van der Waals surface area contributed by atoms with Gasteiger partial charge in [0.25, 0.3) is 0 Å². The summed E-state index contributed by atoms with van der Waals surface area (Å²) in [6.45, 7) is 4.72. The molecule has 1 heterocycles. The minimum absolute atomic E-state index is 0.0302. The summed E-state index contributed by atoms with van der Waals surface area (Å²) in [6, 6.07) is -0.380. The number of Topliss-reactive ketones (excluding diaryl/α,β-unsaturated/α-hetero) is 1. The number of aliphatic carboxylic acids is 1. The van der Waals surface area contributed by atoms with Crippen LogP contribution in [-0.4, -0.2) is 83.9 Å². The Morgan fingerprint density at radius 2 is 1.84 bits per heavy atom. The molecule has 0 saturated carbocycles. The van der Waals surface area contributed by atoms with E-state index in [2.05, 4.69) is 10.0 Å². The van der Waals surface area contributed by atoms with Crippen molar-refractivity contribution in [3.05, 3.63) is 10.4 Å². The number of nitrogens with zero attached hydrogens (tertiary/aromatic N) is 5. The fourth-order valence-corrected chi connectivity index (χ4v) is 3.27. The lowest BCUT2D eigenvalue weighted by Crippen LogP contribution is -2.57. The maximum absolute atomic E-state index is 12.6. The van der Waals surface area contributed by atoms with Crippen LogP contribution in [0.2, 0.25) is 0 Å². The molecule has 1 rings (SSSR count). The number of rotatable bonds is 14. The molecule has 11 heteroatoms. The van der Waals surface area contributed by atoms with E-state index in [1.165, 1.54) is 0 Å². The number of unbranched alkanes of at least 4 members (excludes halogenated alkanes) is 1. The van der Waals surface area contributed by atoms with Gasteiger partial charge in [0, 0.05) is 50.4 Å². The highest BCUT2D eigenvalue weighted by Gasteiger charge is 2.31. The van der Waals surface area contributed by atoms with Crippen LogP contribution in [0.5, 0.6) is 0 Å². The van der Waals surface area contributed by atoms with E-state index in [0.717, 1.165) is 0 Å². The first-order chi connectivity index (χ1) is 14.7. The summed E-state index contributed by atoms with van der Waals surface area (Å²) in [5, 5.41) is 12.5. The van der Waals surface area contributed by atoms with Crippen LogP contribution < -0.4 is 0 Å². The summed E-state index contributed by atoms with van der Waals surface area (Å²) in [4.78, 5) is 53.4. The van der Waals surface area contributed by atoms with Gasteiger partial charge in [-0.05, 0) is 24.8 Å². The standard InChI is InChI=1S/C20H33N5O6/c1-15(2)20(30)31-14-16-12-25(11-10-24(16)13-19(28)29)18(27)8-5-7-17(26)6-3-4-9-22-23-21/h15-16H,3-14H2,1-2H3,(H,28,29). The Morgan fingerprint density at radius 1 is 1.13 bits per heavy atom. The summed E-state index contributed by atoms with van der Waals surface area (Å²) in [7, 11) is 0. The Balaban J connectivity index is 2.45. The Kier molecular flexibility index (Phi) is 12.2. The molecule has 1 aliphatic rings. The molecule has 1 unspecified atom stereocenters. The fraction of sp³-hybridized carbons (Fsp3) is 0.800. The van der Waals surface area contributed by atoms with Crippen molar-refractivity contribution >= 4 is 23.6 Å². The molecule has 1 N–H and O–H groups in total. The van der Waals surface area contributed by atoms with Gasteiger partial charge < -0.3 is 14.7 Å². The molecule has 0 bridgehead atoms. The molecular formula is C20H33N5O6. The third-order valence-corrected chi connectivity index (χ3v) is 5.06. The highest BCUT2D eigenvalue weighted by atomic mass is 16.5. The lowest BCUT2D eigenvalue weighted by Gasteiger charge is -2.40. The van der Waals surface area contributed by atoms with Gasteiger partial charge in [-0.1, -0.05) is 19.0 Å². The predicted molar refractivity (Wildman–Crippen MR) is 112 cm³/mol. The van der Waals surface area contributed by atoms with Gasteiger partial charge in [0.1, 0.15) is 12.4 Å². The summed E-state index contributed by atoms with van der Waals surface area (Å²) in [5.41, 5.74) is 8.20. The molecule has 0 spiro atoms. The summed E-state index contributed by atoms with van der Waals surface area (Å²) >= 11 is 0. The number of carbonyl (C=O) groups excluding carboxylic acids is 3. The van der Waals surface area contributed by atoms with Crippen molar-refractivity contribution in [2.24, 2.45) is 11.0 Å². The molecule has 0 aromatic heterocycles. The lowest BCUT2D eigenvalue weighted by atomic mass is 10.1. The molecule has 0 aliphatic carbocycles. The maximum Gasteiger partial charge on any atom is 0.317 e. The third-order valence-electron chi connectivity index (χ3n) is 5.06. The molecule has 174 valence electrons. The molecule has 0 aromatic carbocycles. The van der Waals surface area contributed by atoms with Crippen LogP contribution in [-0.2, 0) is 23.9 Å². The maximum atomic E-state index is 12.6. The topological polar surface area (TPSA) is 153 Å². The number of carbonyl (C=O) groups is 4. The average Bonchev–Trinajstić information content (AvgIpc) is 2.72. The first-order valence-electron chi connectivity index (χ1n) is 10.7. The molecule has 11 nitrogen and oxygen atoms in total. The summed E-state index contributed by atoms with van der Waals surface area (Å²) in [5.74, 6) is -1.63. The average molecular weight is 440 g/mol. The minimum Gasteiger partial charge on any atom is -0.480 e. The number of azide groups is 1. The molecule has 0 aromatic rings. The van der Waals surface area contributed by atoms with Crippen molar-refractivity contribution in [2.45, 2.75) is 58.4 Å². The van der Waals surface area contributed by atoms with Crippen LogP contribution in [0, 0.1) is 5.92 Å². The van der Waals surface area contributed by atoms with Gasteiger partial charge in [0.05, 0.1) is 18.5 Å². The normalized spacial score (nSPS) is 16.6. The molecule has 1 saturated heterocycles. The number of hydrogen-bond donors (Lipinski definition) is 1. The monoisotopic (exact) mass is 439 g/mol. The Labute approximate surface area is 182 Å². The second kappa shape index (κ2) is 14.4. The van der Waals surface area contributed by atoms with Gasteiger partial charge >= 0.3 is 11.9 Å². The second-order valence-electron chi connectivity index (χ2n) is 7.95. The van der Waals surface area contributed by atoms with Crippen molar-refractivity contribution in [3.63, 3.8) is 0 Å². The largest absolute Gasteiger partial charge is 0.480 e. The number of piperazine rings is 1. The number of carboxylic acid groups (broad SMARTS) is 1. The van der Waals surface area contributed by atoms with Crippen molar-refractivity contribution in [1.29, 1.82) is 0 Å². The fourth-order valence-electron chi connectivity index (χ4n) is 3.27. The van der Waals surface area contributed by atoms with Gasteiger partial charge in [-0.25, -0.2) is 0 Å². The van der Waals surface area contributed by atoms with E-state index in [9.17, 15) is 19.2 Å². The van der Waals surface area contributed by atoms with Crippen molar-refractivity contribution in [1.82, 2.24) is 9.80 Å². The number of amides is 1. The van der Waals surface area contributed by atoms with Crippen LogP contribution >= 0.6 is 0 Å². The molecule has 1 aliphatic heterocycles. The van der Waals surface area contributed by atoms with Crippen molar-refractivity contribution in [3.8, 4) is 0 Å². The molecule has 1 atom stereocenters. The van der Waals surface area contributed by atoms with E-state index in [1.807, 2.05) is 0 Å². The van der Waals surface area contributed by atoms with E-state index in [0.29, 0.717) is 51.7 Å². The van der Waals surface area contributed by atoms with E-state index >= 15 is 0 Å². The summed E-state index contributed by atoms with van der Waals surface area (Å²) < 4.78 is 5.27. The van der Waals surface area contributed by atoms with E-state index in [4.69, 9.17) is 15.4 Å². The number of carboxylic acids is 1. The molecule has 1 amide bonds. The third kappa shape index (κ3) is 10.8. The Morgan fingerprint density at radius 3 is 2.48 bits per heavy atom. The van der Waals surface area contributed by atoms with Crippen molar-refractivity contribution < 1.29 is 29.0 Å². The van der Waals surface area contributed by atoms with Crippen LogP contribution in [0.1, 0.15) is 52.4 Å². The highest BCUT2D eigenvalue weighted by molar-refractivity contribution is 5.80. The van der Waals surface area contributed by atoms with E-state index in [1.54, 1.807) is 23.6 Å². The number of esters is 1. The van der Waals surface area contributed by atoms with Gasteiger partial charge in [-0.15, -0.1) is 0 Å². The zero-order valence-electron chi connectivity index (χ0n) is 18.4. The number of ether oxygens (including phenoxy) is 1. The van der Waals surface area contributed by atoms with Gasteiger partial charge in [0.2, 0.25) is 5.91 Å². The van der Waals surface area contributed by atoms with Gasteiger partial charge in [-0.3, -0.25) is 24.1 Å². The van der Waals surface area contributed by atoms with Gasteiger partial charge in [0.15, 0.2) is 0 Å². The van der Waals surface area contributed by atoms with E-state index < -0.39 is 5.97 Å². The number of ketones is 1. The first-order valence-corrected chi connectivity index (χ1v) is 10.7. The smallest absolute Gasteiger partial charge is 0.317 e. The molecule has 1 fully saturated rings. The minimum atomic E-state index is -0.974. The van der Waals surface area contributed by atoms with Gasteiger partial charge in [-0.2, -0.15) is 0 Å². The predicted octanol–water partition coefficient (Wildman–Crippen LogP) is 2.00. The Bertz CT molecular complexity index is 677. The molecule has 0 radical (unpaired) electrons. The van der Waals surface area contributed by atoms with Crippen LogP contribution in [0.3, 0.4) is 0 Å². The number of hydrogen-bond acceptors (Lipinski definition) is 7. The SMILES string of the molecule is CC(C)C(=O)OCC1CN(C(=O)CCCC(=O)CCCCN=[N+]=[N-])CCN1CC(=O)O. The Hall–Kier alpha value is -2.65. The van der Waals surface area contributed by atoms with Crippen LogP contribution in [0.4, 0.5) is 0 Å². The van der Waals surface area contributed by atoms with Crippen molar-refractivity contribution in [2.75, 3.05) is 39.3 Å². The first kappa shape index (κ1) is 26.4. The zero-order chi connectivity index (χ0) is 23.2. The quantitative estimate of drug-likeness (QED) is 0.143. The van der Waals surface area contributed by atoms with Crippen LogP contribution in [0.25, 0.3) is 10.4 Å². The zero-order valence-corrected chi connectivity index (χ0v) is 18.4.